The molecule has 0 radical (unpaired) electrons. The molecule has 0 aliphatic carbocycles. The summed E-state index contributed by atoms with van der Waals surface area (Å²) >= 11 is 3.34. The Hall–Kier alpha value is -1.07. The largest absolute Gasteiger partial charge is 0.398 e. The standard InChI is InChI=1S/C14H20BrN3O/c1-9-7-18(8-10(2)17(9)3)14(19)11-4-5-12(15)13(16)6-11/h4-6,9-10H,7-8,16H2,1-3H3. The van der Waals surface area contributed by atoms with E-state index in [1.165, 1.54) is 0 Å². The monoisotopic (exact) mass is 325 g/mol. The maximum absolute atomic E-state index is 12.5. The average Bonchev–Trinajstić information content (AvgIpc) is 2.37. The summed E-state index contributed by atoms with van der Waals surface area (Å²) in [5, 5.41) is 0. The maximum atomic E-state index is 12.5. The molecule has 2 unspecified atom stereocenters. The van der Waals surface area contributed by atoms with Crippen molar-refractivity contribution in [1.82, 2.24) is 9.80 Å². The first kappa shape index (κ1) is 14.3. The number of hydrogen-bond acceptors (Lipinski definition) is 3. The fraction of sp³-hybridized carbons (Fsp3) is 0.500. The van der Waals surface area contributed by atoms with E-state index in [0.717, 1.165) is 17.6 Å². The summed E-state index contributed by atoms with van der Waals surface area (Å²) in [6, 6.07) is 6.13. The number of piperazine rings is 1. The quantitative estimate of drug-likeness (QED) is 0.805. The zero-order valence-electron chi connectivity index (χ0n) is 11.6. The van der Waals surface area contributed by atoms with E-state index in [9.17, 15) is 4.79 Å². The third-order valence-electron chi connectivity index (χ3n) is 3.89. The summed E-state index contributed by atoms with van der Waals surface area (Å²) in [6.45, 7) is 5.81. The number of likely N-dealkylation sites (N-methyl/N-ethyl adjacent to an activating group) is 1. The van der Waals surface area contributed by atoms with Crippen molar-refractivity contribution in [2.75, 3.05) is 25.9 Å². The molecule has 0 bridgehead atoms. The van der Waals surface area contributed by atoms with Crippen molar-refractivity contribution in [3.05, 3.63) is 28.2 Å². The Morgan fingerprint density at radius 3 is 2.42 bits per heavy atom. The van der Waals surface area contributed by atoms with E-state index in [-0.39, 0.29) is 5.91 Å². The second-order valence-corrected chi connectivity index (χ2v) is 6.16. The average molecular weight is 326 g/mol. The second kappa shape index (κ2) is 5.51. The van der Waals surface area contributed by atoms with Gasteiger partial charge in [-0.2, -0.15) is 0 Å². The molecular formula is C14H20BrN3O. The van der Waals surface area contributed by atoms with Crippen LogP contribution in [0, 0.1) is 0 Å². The molecule has 4 nitrogen and oxygen atoms in total. The Labute approximate surface area is 122 Å². The molecule has 1 aromatic rings. The van der Waals surface area contributed by atoms with Crippen LogP contribution in [-0.2, 0) is 0 Å². The number of carbonyl (C=O) groups excluding carboxylic acids is 1. The summed E-state index contributed by atoms with van der Waals surface area (Å²) in [5.74, 6) is 0.0611. The molecule has 104 valence electrons. The Kier molecular flexibility index (Phi) is 4.16. The number of anilines is 1. The normalized spacial score (nSPS) is 24.5. The molecule has 2 rings (SSSR count). The van der Waals surface area contributed by atoms with E-state index < -0.39 is 0 Å². The minimum absolute atomic E-state index is 0.0611. The van der Waals surface area contributed by atoms with Crippen LogP contribution in [0.25, 0.3) is 0 Å². The van der Waals surface area contributed by atoms with Crippen molar-refractivity contribution < 1.29 is 4.79 Å². The predicted octanol–water partition coefficient (Wildman–Crippen LogP) is 2.20. The lowest BCUT2D eigenvalue weighted by atomic mass is 10.1. The van der Waals surface area contributed by atoms with E-state index in [1.54, 1.807) is 6.07 Å². The molecule has 1 amide bonds. The van der Waals surface area contributed by atoms with Gasteiger partial charge in [-0.25, -0.2) is 0 Å². The summed E-state index contributed by atoms with van der Waals surface area (Å²) in [6.07, 6.45) is 0. The van der Waals surface area contributed by atoms with Crippen molar-refractivity contribution in [2.24, 2.45) is 0 Å². The lowest BCUT2D eigenvalue weighted by Gasteiger charge is -2.42. The van der Waals surface area contributed by atoms with Crippen LogP contribution in [-0.4, -0.2) is 47.9 Å². The topological polar surface area (TPSA) is 49.6 Å². The first-order chi connectivity index (χ1) is 8.90. The van der Waals surface area contributed by atoms with E-state index in [2.05, 4.69) is 41.7 Å². The van der Waals surface area contributed by atoms with E-state index in [0.29, 0.717) is 23.3 Å². The molecule has 2 N–H and O–H groups in total. The zero-order chi connectivity index (χ0) is 14.2. The zero-order valence-corrected chi connectivity index (χ0v) is 13.1. The fourth-order valence-corrected chi connectivity index (χ4v) is 2.68. The van der Waals surface area contributed by atoms with Gasteiger partial charge in [-0.3, -0.25) is 9.69 Å². The molecule has 2 atom stereocenters. The Balaban J connectivity index is 2.17. The van der Waals surface area contributed by atoms with Crippen LogP contribution in [0.2, 0.25) is 0 Å². The number of hydrogen-bond donors (Lipinski definition) is 1. The maximum Gasteiger partial charge on any atom is 0.254 e. The van der Waals surface area contributed by atoms with Crippen LogP contribution in [0.1, 0.15) is 24.2 Å². The fourth-order valence-electron chi connectivity index (χ4n) is 2.43. The summed E-state index contributed by atoms with van der Waals surface area (Å²) in [5.41, 5.74) is 7.09. The van der Waals surface area contributed by atoms with Gasteiger partial charge in [-0.1, -0.05) is 0 Å². The second-order valence-electron chi connectivity index (χ2n) is 5.31. The van der Waals surface area contributed by atoms with Gasteiger partial charge in [-0.05, 0) is 55.0 Å². The van der Waals surface area contributed by atoms with E-state index >= 15 is 0 Å². The highest BCUT2D eigenvalue weighted by atomic mass is 79.9. The summed E-state index contributed by atoms with van der Waals surface area (Å²) < 4.78 is 0.823. The van der Waals surface area contributed by atoms with Gasteiger partial charge in [0, 0.05) is 40.9 Å². The number of nitrogens with zero attached hydrogens (tertiary/aromatic N) is 2. The molecule has 5 heteroatoms. The van der Waals surface area contributed by atoms with Crippen LogP contribution in [0.4, 0.5) is 5.69 Å². The highest BCUT2D eigenvalue weighted by Gasteiger charge is 2.29. The minimum Gasteiger partial charge on any atom is -0.398 e. The Bertz CT molecular complexity index is 480. The first-order valence-electron chi connectivity index (χ1n) is 6.46. The minimum atomic E-state index is 0.0611. The van der Waals surface area contributed by atoms with Crippen molar-refractivity contribution in [3.63, 3.8) is 0 Å². The molecule has 1 aliphatic rings. The number of benzene rings is 1. The Morgan fingerprint density at radius 1 is 1.32 bits per heavy atom. The van der Waals surface area contributed by atoms with E-state index in [4.69, 9.17) is 5.73 Å². The van der Waals surface area contributed by atoms with Crippen LogP contribution >= 0.6 is 15.9 Å². The number of halogens is 1. The van der Waals surface area contributed by atoms with Crippen LogP contribution in [0.3, 0.4) is 0 Å². The molecule has 1 aromatic carbocycles. The molecule has 1 heterocycles. The molecular weight excluding hydrogens is 306 g/mol. The highest BCUT2D eigenvalue weighted by molar-refractivity contribution is 9.10. The Morgan fingerprint density at radius 2 is 1.89 bits per heavy atom. The molecule has 0 saturated carbocycles. The van der Waals surface area contributed by atoms with Crippen LogP contribution in [0.15, 0.2) is 22.7 Å². The number of nitrogens with two attached hydrogens (primary N) is 1. The highest BCUT2D eigenvalue weighted by Crippen LogP contribution is 2.22. The van der Waals surface area contributed by atoms with Crippen LogP contribution in [0.5, 0.6) is 0 Å². The van der Waals surface area contributed by atoms with Crippen molar-refractivity contribution in [1.29, 1.82) is 0 Å². The van der Waals surface area contributed by atoms with Gasteiger partial charge < -0.3 is 10.6 Å². The van der Waals surface area contributed by atoms with Gasteiger partial charge in [0.25, 0.3) is 5.91 Å². The smallest absolute Gasteiger partial charge is 0.254 e. The van der Waals surface area contributed by atoms with Gasteiger partial charge in [0.05, 0.1) is 0 Å². The lowest BCUT2D eigenvalue weighted by molar-refractivity contribution is 0.0414. The summed E-state index contributed by atoms with van der Waals surface area (Å²) in [4.78, 5) is 16.7. The third-order valence-corrected chi connectivity index (χ3v) is 4.61. The number of nitrogen functional groups attached to an aromatic ring is 1. The van der Waals surface area contributed by atoms with E-state index in [1.807, 2.05) is 17.0 Å². The van der Waals surface area contributed by atoms with Crippen LogP contribution < -0.4 is 5.73 Å². The summed E-state index contributed by atoms with van der Waals surface area (Å²) in [7, 11) is 2.11. The molecule has 1 saturated heterocycles. The van der Waals surface area contributed by atoms with Gasteiger partial charge in [0.1, 0.15) is 0 Å². The number of carbonyl (C=O) groups is 1. The number of rotatable bonds is 1. The lowest BCUT2D eigenvalue weighted by Crippen LogP contribution is -2.56. The molecule has 1 fully saturated rings. The van der Waals surface area contributed by atoms with Crippen molar-refractivity contribution in [2.45, 2.75) is 25.9 Å². The molecule has 0 aromatic heterocycles. The van der Waals surface area contributed by atoms with Gasteiger partial charge in [-0.15, -0.1) is 0 Å². The number of amides is 1. The molecule has 19 heavy (non-hydrogen) atoms. The van der Waals surface area contributed by atoms with Gasteiger partial charge >= 0.3 is 0 Å². The third kappa shape index (κ3) is 2.92. The van der Waals surface area contributed by atoms with Gasteiger partial charge in [0.2, 0.25) is 0 Å². The van der Waals surface area contributed by atoms with Gasteiger partial charge in [0.15, 0.2) is 0 Å². The van der Waals surface area contributed by atoms with Crippen molar-refractivity contribution in [3.8, 4) is 0 Å². The van der Waals surface area contributed by atoms with Crippen molar-refractivity contribution >= 4 is 27.5 Å². The first-order valence-corrected chi connectivity index (χ1v) is 7.25. The molecule has 0 spiro atoms. The molecule has 1 aliphatic heterocycles. The predicted molar refractivity (Wildman–Crippen MR) is 81.1 cm³/mol. The SMILES string of the molecule is CC1CN(C(=O)c2ccc(Br)c(N)c2)CC(C)N1C.